The minimum atomic E-state index is -0.0666. The Hall–Kier alpha value is -2.42. The Bertz CT molecular complexity index is 671. The fourth-order valence-electron chi connectivity index (χ4n) is 1.81. The second kappa shape index (κ2) is 3.87. The SMILES string of the molecule is O=C(c1cccnc1)c1coc2ccccc12. The minimum absolute atomic E-state index is 0.0666. The second-order valence-corrected chi connectivity index (χ2v) is 3.72. The number of furan rings is 1. The highest BCUT2D eigenvalue weighted by Gasteiger charge is 2.14. The molecule has 0 N–H and O–H groups in total. The van der Waals surface area contributed by atoms with Gasteiger partial charge in [-0.25, -0.2) is 0 Å². The Morgan fingerprint density at radius 3 is 2.82 bits per heavy atom. The van der Waals surface area contributed by atoms with Crippen LogP contribution in [0.1, 0.15) is 15.9 Å². The zero-order valence-corrected chi connectivity index (χ0v) is 8.96. The highest BCUT2D eigenvalue weighted by atomic mass is 16.3. The van der Waals surface area contributed by atoms with Gasteiger partial charge < -0.3 is 4.42 Å². The lowest BCUT2D eigenvalue weighted by molar-refractivity contribution is 0.103. The van der Waals surface area contributed by atoms with Crippen LogP contribution in [0.4, 0.5) is 0 Å². The lowest BCUT2D eigenvalue weighted by Crippen LogP contribution is -2.00. The second-order valence-electron chi connectivity index (χ2n) is 3.72. The average molecular weight is 223 g/mol. The van der Waals surface area contributed by atoms with Crippen molar-refractivity contribution in [2.75, 3.05) is 0 Å². The van der Waals surface area contributed by atoms with Crippen LogP contribution in [0.5, 0.6) is 0 Å². The molecule has 0 aliphatic rings. The van der Waals surface area contributed by atoms with Crippen LogP contribution in [0.15, 0.2) is 59.5 Å². The van der Waals surface area contributed by atoms with E-state index in [9.17, 15) is 4.79 Å². The van der Waals surface area contributed by atoms with E-state index in [1.54, 1.807) is 24.5 Å². The van der Waals surface area contributed by atoms with E-state index in [0.29, 0.717) is 11.1 Å². The third kappa shape index (κ3) is 1.61. The molecule has 82 valence electrons. The molecule has 2 heterocycles. The van der Waals surface area contributed by atoms with Crippen molar-refractivity contribution in [1.29, 1.82) is 0 Å². The van der Waals surface area contributed by atoms with Gasteiger partial charge in [-0.1, -0.05) is 18.2 Å². The van der Waals surface area contributed by atoms with Gasteiger partial charge in [0.2, 0.25) is 0 Å². The summed E-state index contributed by atoms with van der Waals surface area (Å²) in [6, 6.07) is 11.0. The quantitative estimate of drug-likeness (QED) is 0.627. The molecule has 0 unspecified atom stereocenters. The summed E-state index contributed by atoms with van der Waals surface area (Å²) in [5.41, 5.74) is 1.87. The zero-order chi connectivity index (χ0) is 11.7. The maximum absolute atomic E-state index is 12.2. The summed E-state index contributed by atoms with van der Waals surface area (Å²) in [6.07, 6.45) is 4.70. The van der Waals surface area contributed by atoms with E-state index in [0.717, 1.165) is 11.0 Å². The van der Waals surface area contributed by atoms with Crippen molar-refractivity contribution in [3.05, 3.63) is 66.2 Å². The molecule has 3 aromatic rings. The summed E-state index contributed by atoms with van der Waals surface area (Å²) >= 11 is 0. The molecule has 0 aliphatic heterocycles. The molecular weight excluding hydrogens is 214 g/mol. The Kier molecular flexibility index (Phi) is 2.22. The molecule has 0 atom stereocenters. The van der Waals surface area contributed by atoms with Crippen LogP contribution in [0, 0.1) is 0 Å². The summed E-state index contributed by atoms with van der Waals surface area (Å²) in [6.45, 7) is 0. The monoisotopic (exact) mass is 223 g/mol. The lowest BCUT2D eigenvalue weighted by Gasteiger charge is -1.97. The van der Waals surface area contributed by atoms with Crippen LogP contribution >= 0.6 is 0 Å². The fourth-order valence-corrected chi connectivity index (χ4v) is 1.81. The maximum Gasteiger partial charge on any atom is 0.198 e. The van der Waals surface area contributed by atoms with Gasteiger partial charge in [0.15, 0.2) is 5.78 Å². The Morgan fingerprint density at radius 2 is 2.00 bits per heavy atom. The summed E-state index contributed by atoms with van der Waals surface area (Å²) in [4.78, 5) is 16.2. The van der Waals surface area contributed by atoms with Gasteiger partial charge in [0, 0.05) is 23.3 Å². The third-order valence-corrected chi connectivity index (χ3v) is 2.65. The Morgan fingerprint density at radius 1 is 1.12 bits per heavy atom. The van der Waals surface area contributed by atoms with Crippen LogP contribution in [0.2, 0.25) is 0 Å². The number of pyridine rings is 1. The van der Waals surface area contributed by atoms with Crippen molar-refractivity contribution in [2.45, 2.75) is 0 Å². The van der Waals surface area contributed by atoms with Crippen LogP contribution in [0.3, 0.4) is 0 Å². The van der Waals surface area contributed by atoms with E-state index in [-0.39, 0.29) is 5.78 Å². The molecule has 0 spiro atoms. The molecule has 17 heavy (non-hydrogen) atoms. The van der Waals surface area contributed by atoms with E-state index < -0.39 is 0 Å². The lowest BCUT2D eigenvalue weighted by atomic mass is 10.0. The number of hydrogen-bond acceptors (Lipinski definition) is 3. The normalized spacial score (nSPS) is 10.6. The number of carbonyl (C=O) groups excluding carboxylic acids is 1. The van der Waals surface area contributed by atoms with Gasteiger partial charge in [-0.05, 0) is 18.2 Å². The molecule has 1 aromatic carbocycles. The molecule has 0 saturated carbocycles. The van der Waals surface area contributed by atoms with E-state index in [1.807, 2.05) is 24.3 Å². The Balaban J connectivity index is 2.14. The first-order valence-electron chi connectivity index (χ1n) is 5.27. The molecule has 0 saturated heterocycles. The van der Waals surface area contributed by atoms with E-state index >= 15 is 0 Å². The van der Waals surface area contributed by atoms with Gasteiger partial charge in [-0.2, -0.15) is 0 Å². The van der Waals surface area contributed by atoms with E-state index in [2.05, 4.69) is 4.98 Å². The van der Waals surface area contributed by atoms with Crippen molar-refractivity contribution in [2.24, 2.45) is 0 Å². The summed E-state index contributed by atoms with van der Waals surface area (Å²) in [5, 5.41) is 0.835. The molecule has 3 rings (SSSR count). The van der Waals surface area contributed by atoms with E-state index in [4.69, 9.17) is 4.42 Å². The molecular formula is C14H9NO2. The smallest absolute Gasteiger partial charge is 0.198 e. The highest BCUT2D eigenvalue weighted by Crippen LogP contribution is 2.22. The van der Waals surface area contributed by atoms with Crippen molar-refractivity contribution in [3.8, 4) is 0 Å². The molecule has 0 radical (unpaired) electrons. The summed E-state index contributed by atoms with van der Waals surface area (Å²) < 4.78 is 5.35. The third-order valence-electron chi connectivity index (χ3n) is 2.65. The minimum Gasteiger partial charge on any atom is -0.464 e. The summed E-state index contributed by atoms with van der Waals surface area (Å²) in [5.74, 6) is -0.0666. The standard InChI is InChI=1S/C14H9NO2/c16-14(10-4-3-7-15-8-10)12-9-17-13-6-2-1-5-11(12)13/h1-9H. The number of nitrogens with zero attached hydrogens (tertiary/aromatic N) is 1. The number of fused-ring (bicyclic) bond motifs is 1. The largest absolute Gasteiger partial charge is 0.464 e. The molecule has 3 nitrogen and oxygen atoms in total. The van der Waals surface area contributed by atoms with Gasteiger partial charge in [0.05, 0.1) is 5.56 Å². The molecule has 0 fully saturated rings. The molecule has 0 aliphatic carbocycles. The van der Waals surface area contributed by atoms with Gasteiger partial charge >= 0.3 is 0 Å². The number of aromatic nitrogens is 1. The van der Waals surface area contributed by atoms with Crippen LogP contribution in [0.25, 0.3) is 11.0 Å². The van der Waals surface area contributed by atoms with Gasteiger partial charge in [-0.15, -0.1) is 0 Å². The maximum atomic E-state index is 12.2. The number of para-hydroxylation sites is 1. The van der Waals surface area contributed by atoms with Crippen LogP contribution in [-0.4, -0.2) is 10.8 Å². The fraction of sp³-hybridized carbons (Fsp3) is 0. The number of hydrogen-bond donors (Lipinski definition) is 0. The molecule has 2 aromatic heterocycles. The van der Waals surface area contributed by atoms with Crippen molar-refractivity contribution < 1.29 is 9.21 Å². The zero-order valence-electron chi connectivity index (χ0n) is 8.96. The first-order chi connectivity index (χ1) is 8.36. The van der Waals surface area contributed by atoms with Crippen LogP contribution in [-0.2, 0) is 0 Å². The highest BCUT2D eigenvalue weighted by molar-refractivity contribution is 6.15. The predicted molar refractivity (Wildman–Crippen MR) is 63.9 cm³/mol. The van der Waals surface area contributed by atoms with Gasteiger partial charge in [0.1, 0.15) is 11.8 Å². The molecule has 0 bridgehead atoms. The van der Waals surface area contributed by atoms with Gasteiger partial charge in [-0.3, -0.25) is 9.78 Å². The summed E-state index contributed by atoms with van der Waals surface area (Å²) in [7, 11) is 0. The molecule has 0 amide bonds. The number of benzene rings is 1. The number of carbonyl (C=O) groups is 1. The van der Waals surface area contributed by atoms with E-state index in [1.165, 1.54) is 6.26 Å². The first kappa shape index (κ1) is 9.78. The van der Waals surface area contributed by atoms with Crippen molar-refractivity contribution in [1.82, 2.24) is 4.98 Å². The average Bonchev–Trinajstić information content (AvgIpc) is 2.83. The van der Waals surface area contributed by atoms with Crippen molar-refractivity contribution >= 4 is 16.8 Å². The van der Waals surface area contributed by atoms with Crippen molar-refractivity contribution in [3.63, 3.8) is 0 Å². The number of rotatable bonds is 2. The topological polar surface area (TPSA) is 43.1 Å². The molecule has 3 heteroatoms. The first-order valence-corrected chi connectivity index (χ1v) is 5.27. The van der Waals surface area contributed by atoms with Crippen LogP contribution < -0.4 is 0 Å². The Labute approximate surface area is 97.7 Å². The predicted octanol–water partition coefficient (Wildman–Crippen LogP) is 3.06. The van der Waals surface area contributed by atoms with Gasteiger partial charge in [0.25, 0.3) is 0 Å². The number of ketones is 1.